The van der Waals surface area contributed by atoms with Crippen molar-refractivity contribution in [1.29, 1.82) is 0 Å². The van der Waals surface area contributed by atoms with Crippen LogP contribution in [0.3, 0.4) is 0 Å². The normalized spacial score (nSPS) is 20.9. The summed E-state index contributed by atoms with van der Waals surface area (Å²) in [6.45, 7) is 6.49. The molecule has 1 atom stereocenters. The summed E-state index contributed by atoms with van der Waals surface area (Å²) in [7, 11) is 0. The van der Waals surface area contributed by atoms with E-state index >= 15 is 0 Å². The van der Waals surface area contributed by atoms with E-state index in [9.17, 15) is 4.79 Å². The second-order valence-corrected chi connectivity index (χ2v) is 6.44. The van der Waals surface area contributed by atoms with Crippen molar-refractivity contribution in [2.45, 2.75) is 45.6 Å². The second-order valence-electron chi connectivity index (χ2n) is 6.44. The first-order chi connectivity index (χ1) is 10.6. The highest BCUT2D eigenvalue weighted by Gasteiger charge is 2.24. The molecule has 0 radical (unpaired) electrons. The summed E-state index contributed by atoms with van der Waals surface area (Å²) in [4.78, 5) is 21.2. The van der Waals surface area contributed by atoms with E-state index in [2.05, 4.69) is 34.4 Å². The Kier molecular flexibility index (Phi) is 4.57. The fraction of sp³-hybridized carbons (Fsp3) is 0.688. The Morgan fingerprint density at radius 1 is 1.41 bits per heavy atom. The van der Waals surface area contributed by atoms with Crippen LogP contribution in [0.25, 0.3) is 0 Å². The Balaban J connectivity index is 1.84. The molecule has 1 unspecified atom stereocenters. The maximum Gasteiger partial charge on any atom is 0.270 e. The zero-order valence-corrected chi connectivity index (χ0v) is 13.3. The van der Waals surface area contributed by atoms with Gasteiger partial charge in [-0.25, -0.2) is 9.97 Å². The SMILES string of the molecule is CC(C)Cc1nc(NCC2CCCO2)c2c(n1)C(=O)NCC2. The van der Waals surface area contributed by atoms with Gasteiger partial charge in [-0.2, -0.15) is 0 Å². The van der Waals surface area contributed by atoms with E-state index in [4.69, 9.17) is 4.74 Å². The molecule has 0 saturated carbocycles. The van der Waals surface area contributed by atoms with Crippen LogP contribution in [0.1, 0.15) is 48.6 Å². The standard InChI is InChI=1S/C16H24N4O2/c1-10(2)8-13-19-14-12(5-6-17-16(14)21)15(20-13)18-9-11-4-3-7-22-11/h10-11H,3-9H2,1-2H3,(H,17,21)(H,18,19,20). The van der Waals surface area contributed by atoms with Crippen molar-refractivity contribution in [3.8, 4) is 0 Å². The average Bonchev–Trinajstić information content (AvgIpc) is 2.98. The zero-order chi connectivity index (χ0) is 15.5. The van der Waals surface area contributed by atoms with Gasteiger partial charge in [0.25, 0.3) is 5.91 Å². The summed E-state index contributed by atoms with van der Waals surface area (Å²) in [5.74, 6) is 1.91. The lowest BCUT2D eigenvalue weighted by Crippen LogP contribution is -2.34. The Bertz CT molecular complexity index is 553. The highest BCUT2D eigenvalue weighted by atomic mass is 16.5. The van der Waals surface area contributed by atoms with Gasteiger partial charge in [0.1, 0.15) is 17.3 Å². The predicted octanol–water partition coefficient (Wildman–Crippen LogP) is 1.55. The van der Waals surface area contributed by atoms with Gasteiger partial charge in [-0.05, 0) is 25.2 Å². The largest absolute Gasteiger partial charge is 0.376 e. The van der Waals surface area contributed by atoms with Crippen LogP contribution in [0.4, 0.5) is 5.82 Å². The Labute approximate surface area is 131 Å². The van der Waals surface area contributed by atoms with Gasteiger partial charge in [-0.3, -0.25) is 4.79 Å². The Morgan fingerprint density at radius 2 is 2.27 bits per heavy atom. The predicted molar refractivity (Wildman–Crippen MR) is 84.1 cm³/mol. The van der Waals surface area contributed by atoms with Crippen molar-refractivity contribution >= 4 is 11.7 Å². The maximum absolute atomic E-state index is 12.1. The molecule has 0 aromatic carbocycles. The number of ether oxygens (including phenoxy) is 1. The van der Waals surface area contributed by atoms with Gasteiger partial charge in [0.15, 0.2) is 0 Å². The fourth-order valence-corrected chi connectivity index (χ4v) is 2.96. The first-order valence-corrected chi connectivity index (χ1v) is 8.17. The summed E-state index contributed by atoms with van der Waals surface area (Å²) < 4.78 is 5.65. The molecule has 0 spiro atoms. The first-order valence-electron chi connectivity index (χ1n) is 8.17. The third kappa shape index (κ3) is 3.38. The molecule has 2 aliphatic heterocycles. The number of amides is 1. The van der Waals surface area contributed by atoms with Crippen LogP contribution in [-0.4, -0.2) is 41.7 Å². The third-order valence-electron chi connectivity index (χ3n) is 4.04. The van der Waals surface area contributed by atoms with Crippen LogP contribution in [0, 0.1) is 5.92 Å². The van der Waals surface area contributed by atoms with Crippen LogP contribution < -0.4 is 10.6 Å². The van der Waals surface area contributed by atoms with Gasteiger partial charge < -0.3 is 15.4 Å². The van der Waals surface area contributed by atoms with Gasteiger partial charge in [-0.15, -0.1) is 0 Å². The average molecular weight is 304 g/mol. The molecular weight excluding hydrogens is 280 g/mol. The molecule has 6 nitrogen and oxygen atoms in total. The van der Waals surface area contributed by atoms with Crippen molar-refractivity contribution in [2.75, 3.05) is 25.0 Å². The fourth-order valence-electron chi connectivity index (χ4n) is 2.96. The molecule has 1 fully saturated rings. The quantitative estimate of drug-likeness (QED) is 0.863. The highest BCUT2D eigenvalue weighted by Crippen LogP contribution is 2.22. The minimum atomic E-state index is -0.0891. The molecule has 0 aliphatic carbocycles. The van der Waals surface area contributed by atoms with Crippen LogP contribution in [0.5, 0.6) is 0 Å². The molecule has 2 aliphatic rings. The van der Waals surface area contributed by atoms with E-state index in [0.29, 0.717) is 18.2 Å². The molecule has 6 heteroatoms. The number of rotatable bonds is 5. The maximum atomic E-state index is 12.1. The number of hydrogen-bond acceptors (Lipinski definition) is 5. The first kappa shape index (κ1) is 15.2. The summed E-state index contributed by atoms with van der Waals surface area (Å²) in [6.07, 6.45) is 4.00. The molecule has 1 amide bonds. The van der Waals surface area contributed by atoms with Crippen LogP contribution >= 0.6 is 0 Å². The van der Waals surface area contributed by atoms with Gasteiger partial charge in [0.05, 0.1) is 6.10 Å². The van der Waals surface area contributed by atoms with E-state index < -0.39 is 0 Å². The molecule has 0 bridgehead atoms. The Hall–Kier alpha value is -1.69. The van der Waals surface area contributed by atoms with E-state index in [1.807, 2.05) is 0 Å². The molecule has 1 aromatic rings. The summed E-state index contributed by atoms with van der Waals surface area (Å²) >= 11 is 0. The lowest BCUT2D eigenvalue weighted by molar-refractivity contribution is 0.0940. The second kappa shape index (κ2) is 6.60. The number of nitrogens with zero attached hydrogens (tertiary/aromatic N) is 2. The minimum absolute atomic E-state index is 0.0891. The van der Waals surface area contributed by atoms with Crippen molar-refractivity contribution in [1.82, 2.24) is 15.3 Å². The number of carbonyl (C=O) groups is 1. The molecule has 3 rings (SSSR count). The van der Waals surface area contributed by atoms with Gasteiger partial charge in [-0.1, -0.05) is 13.8 Å². The highest BCUT2D eigenvalue weighted by molar-refractivity contribution is 5.95. The number of anilines is 1. The van der Waals surface area contributed by atoms with Crippen molar-refractivity contribution in [3.05, 3.63) is 17.1 Å². The number of nitrogens with one attached hydrogen (secondary N) is 2. The molecule has 2 N–H and O–H groups in total. The van der Waals surface area contributed by atoms with Gasteiger partial charge in [0.2, 0.25) is 0 Å². The third-order valence-corrected chi connectivity index (χ3v) is 4.04. The summed E-state index contributed by atoms with van der Waals surface area (Å²) in [5.41, 5.74) is 1.47. The Morgan fingerprint density at radius 3 is 3.00 bits per heavy atom. The lowest BCUT2D eigenvalue weighted by atomic mass is 10.0. The van der Waals surface area contributed by atoms with Crippen LogP contribution in [0.2, 0.25) is 0 Å². The van der Waals surface area contributed by atoms with Crippen molar-refractivity contribution < 1.29 is 9.53 Å². The summed E-state index contributed by atoms with van der Waals surface area (Å²) in [6, 6.07) is 0. The van der Waals surface area contributed by atoms with Crippen molar-refractivity contribution in [3.63, 3.8) is 0 Å². The van der Waals surface area contributed by atoms with Gasteiger partial charge >= 0.3 is 0 Å². The zero-order valence-electron chi connectivity index (χ0n) is 13.3. The molecule has 120 valence electrons. The van der Waals surface area contributed by atoms with Crippen molar-refractivity contribution in [2.24, 2.45) is 5.92 Å². The number of aromatic nitrogens is 2. The van der Waals surface area contributed by atoms with E-state index in [1.54, 1.807) is 0 Å². The van der Waals surface area contributed by atoms with E-state index in [0.717, 1.165) is 56.0 Å². The smallest absolute Gasteiger partial charge is 0.270 e. The lowest BCUT2D eigenvalue weighted by Gasteiger charge is -2.21. The van der Waals surface area contributed by atoms with Crippen LogP contribution in [0.15, 0.2) is 0 Å². The number of hydrogen-bond donors (Lipinski definition) is 2. The molecule has 3 heterocycles. The van der Waals surface area contributed by atoms with Crippen LogP contribution in [-0.2, 0) is 17.6 Å². The van der Waals surface area contributed by atoms with E-state index in [-0.39, 0.29) is 12.0 Å². The summed E-state index contributed by atoms with van der Waals surface area (Å²) in [5, 5.41) is 6.25. The van der Waals surface area contributed by atoms with E-state index in [1.165, 1.54) is 0 Å². The molecular formula is C16H24N4O2. The topological polar surface area (TPSA) is 76.1 Å². The molecule has 22 heavy (non-hydrogen) atoms. The minimum Gasteiger partial charge on any atom is -0.376 e. The molecule has 1 saturated heterocycles. The monoisotopic (exact) mass is 304 g/mol. The number of carbonyl (C=O) groups excluding carboxylic acids is 1. The number of fused-ring (bicyclic) bond motifs is 1. The van der Waals surface area contributed by atoms with Gasteiger partial charge in [0, 0.05) is 31.7 Å². The molecule has 1 aromatic heterocycles.